The molecule has 0 saturated carbocycles. The standard InChI is InChI=1S/C14H21N3O4/c1-4-10(2)16(3)8-7-15-13-6-5-11(17(20)21)9-12(13)14(18)19/h5-6,9-10,15H,4,7-8H2,1-3H3,(H,18,19). The number of aromatic carboxylic acids is 1. The van der Waals surface area contributed by atoms with E-state index in [9.17, 15) is 14.9 Å². The van der Waals surface area contributed by atoms with E-state index in [4.69, 9.17) is 5.11 Å². The minimum absolute atomic E-state index is 0.0876. The maximum Gasteiger partial charge on any atom is 0.338 e. The van der Waals surface area contributed by atoms with E-state index in [-0.39, 0.29) is 11.3 Å². The molecule has 116 valence electrons. The van der Waals surface area contributed by atoms with Crippen LogP contribution in [0.25, 0.3) is 0 Å². The maximum atomic E-state index is 11.2. The Morgan fingerprint density at radius 3 is 2.71 bits per heavy atom. The van der Waals surface area contributed by atoms with Crippen molar-refractivity contribution in [1.82, 2.24) is 4.90 Å². The second kappa shape index (κ2) is 7.58. The highest BCUT2D eigenvalue weighted by molar-refractivity contribution is 5.95. The summed E-state index contributed by atoms with van der Waals surface area (Å²) >= 11 is 0. The second-order valence-electron chi connectivity index (χ2n) is 4.96. The lowest BCUT2D eigenvalue weighted by Gasteiger charge is -2.23. The van der Waals surface area contributed by atoms with Crippen LogP contribution >= 0.6 is 0 Å². The van der Waals surface area contributed by atoms with Crippen LogP contribution in [0.4, 0.5) is 11.4 Å². The van der Waals surface area contributed by atoms with Gasteiger partial charge >= 0.3 is 5.97 Å². The fourth-order valence-electron chi connectivity index (χ4n) is 1.88. The molecule has 0 amide bonds. The summed E-state index contributed by atoms with van der Waals surface area (Å²) in [7, 11) is 2.00. The summed E-state index contributed by atoms with van der Waals surface area (Å²) < 4.78 is 0. The summed E-state index contributed by atoms with van der Waals surface area (Å²) in [5.41, 5.74) is 0.0794. The van der Waals surface area contributed by atoms with Crippen LogP contribution in [0.5, 0.6) is 0 Å². The Kier molecular flexibility index (Phi) is 6.10. The van der Waals surface area contributed by atoms with Gasteiger partial charge in [-0.25, -0.2) is 4.79 Å². The Morgan fingerprint density at radius 1 is 1.52 bits per heavy atom. The van der Waals surface area contributed by atoms with E-state index in [1.807, 2.05) is 7.05 Å². The molecule has 1 aromatic carbocycles. The third kappa shape index (κ3) is 4.71. The van der Waals surface area contributed by atoms with Crippen LogP contribution in [-0.4, -0.2) is 47.1 Å². The summed E-state index contributed by atoms with van der Waals surface area (Å²) in [6.45, 7) is 5.55. The fourth-order valence-corrected chi connectivity index (χ4v) is 1.88. The molecule has 0 aliphatic carbocycles. The van der Waals surface area contributed by atoms with Gasteiger partial charge in [0.1, 0.15) is 0 Å². The molecule has 1 unspecified atom stereocenters. The maximum absolute atomic E-state index is 11.2. The molecule has 7 heteroatoms. The molecular weight excluding hydrogens is 274 g/mol. The van der Waals surface area contributed by atoms with Gasteiger partial charge in [0.15, 0.2) is 0 Å². The van der Waals surface area contributed by atoms with Gasteiger partial charge in [0.2, 0.25) is 0 Å². The molecule has 0 aliphatic heterocycles. The lowest BCUT2D eigenvalue weighted by molar-refractivity contribution is -0.384. The summed E-state index contributed by atoms with van der Waals surface area (Å²) in [6, 6.07) is 4.25. The van der Waals surface area contributed by atoms with Gasteiger partial charge < -0.3 is 15.3 Å². The smallest absolute Gasteiger partial charge is 0.338 e. The molecule has 0 fully saturated rings. The minimum Gasteiger partial charge on any atom is -0.478 e. The van der Waals surface area contributed by atoms with Gasteiger partial charge in [0, 0.05) is 37.0 Å². The molecule has 0 bridgehead atoms. The Labute approximate surface area is 123 Å². The predicted octanol–water partition coefficient (Wildman–Crippen LogP) is 2.44. The monoisotopic (exact) mass is 295 g/mol. The molecule has 1 aromatic rings. The van der Waals surface area contributed by atoms with E-state index in [1.165, 1.54) is 12.1 Å². The van der Waals surface area contributed by atoms with Gasteiger partial charge in [0.25, 0.3) is 5.69 Å². The van der Waals surface area contributed by atoms with Crippen molar-refractivity contribution in [2.75, 3.05) is 25.5 Å². The number of benzene rings is 1. The van der Waals surface area contributed by atoms with Gasteiger partial charge in [-0.3, -0.25) is 10.1 Å². The van der Waals surface area contributed by atoms with Crippen LogP contribution in [0, 0.1) is 10.1 Å². The molecule has 0 saturated heterocycles. The number of non-ortho nitro benzene ring substituents is 1. The first-order valence-corrected chi connectivity index (χ1v) is 6.82. The number of carboxylic acids is 1. The molecule has 7 nitrogen and oxygen atoms in total. The van der Waals surface area contributed by atoms with Gasteiger partial charge in [-0.2, -0.15) is 0 Å². The number of hydrogen-bond acceptors (Lipinski definition) is 5. The van der Waals surface area contributed by atoms with E-state index in [2.05, 4.69) is 24.1 Å². The number of nitrogens with zero attached hydrogens (tertiary/aromatic N) is 2. The van der Waals surface area contributed by atoms with Crippen LogP contribution in [0.1, 0.15) is 30.6 Å². The van der Waals surface area contributed by atoms with Crippen LogP contribution in [0.2, 0.25) is 0 Å². The molecule has 0 spiro atoms. The van der Waals surface area contributed by atoms with Crippen LogP contribution in [-0.2, 0) is 0 Å². The molecule has 21 heavy (non-hydrogen) atoms. The van der Waals surface area contributed by atoms with Gasteiger partial charge in [-0.05, 0) is 26.5 Å². The number of hydrogen-bond donors (Lipinski definition) is 2. The molecule has 2 N–H and O–H groups in total. The summed E-state index contributed by atoms with van der Waals surface area (Å²) in [5.74, 6) is -1.18. The quantitative estimate of drug-likeness (QED) is 0.565. The van der Waals surface area contributed by atoms with Gasteiger partial charge in [0.05, 0.1) is 10.5 Å². The predicted molar refractivity (Wildman–Crippen MR) is 80.9 cm³/mol. The van der Waals surface area contributed by atoms with Crippen molar-refractivity contribution < 1.29 is 14.8 Å². The zero-order valence-electron chi connectivity index (χ0n) is 12.5. The SMILES string of the molecule is CCC(C)N(C)CCNc1ccc([N+](=O)[O-])cc1C(=O)O. The first-order valence-electron chi connectivity index (χ1n) is 6.82. The molecule has 0 aliphatic rings. The Hall–Kier alpha value is -2.15. The number of likely N-dealkylation sites (N-methyl/N-ethyl adjacent to an activating group) is 1. The molecule has 1 atom stereocenters. The van der Waals surface area contributed by atoms with Crippen molar-refractivity contribution in [2.45, 2.75) is 26.3 Å². The van der Waals surface area contributed by atoms with Crippen molar-refractivity contribution in [1.29, 1.82) is 0 Å². The van der Waals surface area contributed by atoms with Crippen molar-refractivity contribution in [3.05, 3.63) is 33.9 Å². The van der Waals surface area contributed by atoms with E-state index in [1.54, 1.807) is 0 Å². The Balaban J connectivity index is 2.75. The van der Waals surface area contributed by atoms with E-state index < -0.39 is 10.9 Å². The third-order valence-corrected chi connectivity index (χ3v) is 3.57. The van der Waals surface area contributed by atoms with Crippen LogP contribution in [0.3, 0.4) is 0 Å². The van der Waals surface area contributed by atoms with E-state index in [0.717, 1.165) is 19.0 Å². The number of carbonyl (C=O) groups is 1. The second-order valence-corrected chi connectivity index (χ2v) is 4.96. The van der Waals surface area contributed by atoms with Gasteiger partial charge in [-0.15, -0.1) is 0 Å². The summed E-state index contributed by atoms with van der Waals surface area (Å²) in [4.78, 5) is 23.4. The molecule has 0 radical (unpaired) electrons. The molecule has 1 rings (SSSR count). The van der Waals surface area contributed by atoms with E-state index in [0.29, 0.717) is 18.3 Å². The lowest BCUT2D eigenvalue weighted by Crippen LogP contribution is -2.32. The van der Waals surface area contributed by atoms with Crippen LogP contribution < -0.4 is 5.32 Å². The first kappa shape index (κ1) is 16.9. The number of anilines is 1. The Morgan fingerprint density at radius 2 is 2.19 bits per heavy atom. The van der Waals surface area contributed by atoms with E-state index >= 15 is 0 Å². The zero-order valence-corrected chi connectivity index (χ0v) is 12.5. The van der Waals surface area contributed by atoms with Crippen molar-refractivity contribution in [3.8, 4) is 0 Å². The average Bonchev–Trinajstić information content (AvgIpc) is 2.45. The number of carboxylic acid groups (broad SMARTS) is 1. The summed E-state index contributed by atoms with van der Waals surface area (Å²) in [6.07, 6.45) is 1.04. The largest absolute Gasteiger partial charge is 0.478 e. The van der Waals surface area contributed by atoms with Crippen molar-refractivity contribution >= 4 is 17.3 Å². The lowest BCUT2D eigenvalue weighted by atomic mass is 10.1. The fraction of sp³-hybridized carbons (Fsp3) is 0.500. The minimum atomic E-state index is -1.18. The highest BCUT2D eigenvalue weighted by Crippen LogP contribution is 2.22. The highest BCUT2D eigenvalue weighted by Gasteiger charge is 2.16. The topological polar surface area (TPSA) is 95.7 Å². The normalized spacial score (nSPS) is 12.2. The van der Waals surface area contributed by atoms with Crippen molar-refractivity contribution in [3.63, 3.8) is 0 Å². The highest BCUT2D eigenvalue weighted by atomic mass is 16.6. The average molecular weight is 295 g/mol. The number of nitro groups is 1. The molecular formula is C14H21N3O4. The number of rotatable bonds is 8. The van der Waals surface area contributed by atoms with Crippen molar-refractivity contribution in [2.24, 2.45) is 0 Å². The van der Waals surface area contributed by atoms with Crippen LogP contribution in [0.15, 0.2) is 18.2 Å². The Bertz CT molecular complexity index is 519. The zero-order chi connectivity index (χ0) is 16.0. The van der Waals surface area contributed by atoms with Gasteiger partial charge in [-0.1, -0.05) is 6.92 Å². The molecule has 0 aromatic heterocycles. The third-order valence-electron chi connectivity index (χ3n) is 3.57. The molecule has 0 heterocycles. The summed E-state index contributed by atoms with van der Waals surface area (Å²) in [5, 5.41) is 22.8. The number of nitrogens with one attached hydrogen (secondary N) is 1. The number of nitro benzene ring substituents is 1. The first-order chi connectivity index (χ1) is 9.86.